The molecule has 0 spiro atoms. The Morgan fingerprint density at radius 1 is 1.57 bits per heavy atom. The second kappa shape index (κ2) is 3.10. The summed E-state index contributed by atoms with van der Waals surface area (Å²) in [6, 6.07) is 1.75. The van der Waals surface area contributed by atoms with Crippen molar-refractivity contribution in [3.05, 3.63) is 28.5 Å². The van der Waals surface area contributed by atoms with E-state index in [0.717, 1.165) is 5.69 Å². The molecule has 0 unspecified atom stereocenters. The number of hydrogen-bond acceptors (Lipinski definition) is 2. The Labute approximate surface area is 86.1 Å². The Morgan fingerprint density at radius 3 is 2.93 bits per heavy atom. The third-order valence-electron chi connectivity index (χ3n) is 2.10. The van der Waals surface area contributed by atoms with Crippen molar-refractivity contribution in [2.24, 2.45) is 0 Å². The number of hydrogen-bond donors (Lipinski definition) is 1. The molecule has 2 aromatic rings. The number of H-pyrrole nitrogens is 1. The maximum atomic E-state index is 11.3. The number of nitrogens with one attached hydrogen (secondary N) is 1. The Bertz CT molecular complexity index is 516. The monoisotopic (exact) mass is 208 g/mol. The molecule has 0 atom stereocenters. The van der Waals surface area contributed by atoms with Gasteiger partial charge >= 0.3 is 0 Å². The third-order valence-corrected chi connectivity index (χ3v) is 2.40. The number of pyridine rings is 1. The molecule has 2 heterocycles. The molecule has 14 heavy (non-hydrogen) atoms. The van der Waals surface area contributed by atoms with Gasteiger partial charge in [-0.3, -0.25) is 4.79 Å². The molecule has 0 aliphatic rings. The molecule has 2 aromatic heterocycles. The van der Waals surface area contributed by atoms with Gasteiger partial charge < -0.3 is 4.98 Å². The Balaban J connectivity index is 2.85. The van der Waals surface area contributed by atoms with E-state index in [9.17, 15) is 4.79 Å². The number of halogens is 1. The highest BCUT2D eigenvalue weighted by atomic mass is 35.5. The molecule has 4 heteroatoms. The summed E-state index contributed by atoms with van der Waals surface area (Å²) in [5.41, 5.74) is 2.09. The van der Waals surface area contributed by atoms with Gasteiger partial charge in [0.25, 0.3) is 0 Å². The Hall–Kier alpha value is -1.35. The number of aryl methyl sites for hydroxylation is 1. The zero-order chi connectivity index (χ0) is 10.3. The molecular weight excluding hydrogens is 200 g/mol. The van der Waals surface area contributed by atoms with Crippen molar-refractivity contribution in [2.45, 2.75) is 13.8 Å². The van der Waals surface area contributed by atoms with Crippen LogP contribution in [0.25, 0.3) is 11.0 Å². The number of carbonyl (C=O) groups excluding carboxylic acids is 1. The van der Waals surface area contributed by atoms with Crippen LogP contribution in [-0.4, -0.2) is 15.8 Å². The minimum Gasteiger partial charge on any atom is -0.345 e. The van der Waals surface area contributed by atoms with Gasteiger partial charge in [-0.25, -0.2) is 4.98 Å². The summed E-state index contributed by atoms with van der Waals surface area (Å²) in [7, 11) is 0. The van der Waals surface area contributed by atoms with Crippen molar-refractivity contribution in [3.63, 3.8) is 0 Å². The van der Waals surface area contributed by atoms with E-state index in [0.29, 0.717) is 21.6 Å². The predicted molar refractivity (Wildman–Crippen MR) is 55.8 cm³/mol. The van der Waals surface area contributed by atoms with Crippen molar-refractivity contribution < 1.29 is 4.79 Å². The molecule has 0 amide bonds. The summed E-state index contributed by atoms with van der Waals surface area (Å²) in [6.07, 6.45) is 1.64. The van der Waals surface area contributed by atoms with Gasteiger partial charge in [-0.2, -0.15) is 0 Å². The van der Waals surface area contributed by atoms with Crippen molar-refractivity contribution in [2.75, 3.05) is 0 Å². The first kappa shape index (κ1) is 9.21. The average Bonchev–Trinajstić information content (AvgIpc) is 2.47. The Kier molecular flexibility index (Phi) is 2.04. The molecular formula is C10H9ClN2O. The lowest BCUT2D eigenvalue weighted by molar-refractivity contribution is 0.101. The van der Waals surface area contributed by atoms with Crippen LogP contribution in [0.2, 0.25) is 5.02 Å². The van der Waals surface area contributed by atoms with Crippen LogP contribution in [0, 0.1) is 6.92 Å². The van der Waals surface area contributed by atoms with Gasteiger partial charge in [0, 0.05) is 22.8 Å². The van der Waals surface area contributed by atoms with Crippen molar-refractivity contribution in [3.8, 4) is 0 Å². The van der Waals surface area contributed by atoms with E-state index < -0.39 is 0 Å². The van der Waals surface area contributed by atoms with E-state index in [2.05, 4.69) is 9.97 Å². The normalized spacial score (nSPS) is 10.8. The van der Waals surface area contributed by atoms with Gasteiger partial charge in [-0.15, -0.1) is 0 Å². The largest absolute Gasteiger partial charge is 0.345 e. The minimum absolute atomic E-state index is 0.0104. The smallest absolute Gasteiger partial charge is 0.162 e. The number of aromatic nitrogens is 2. The lowest BCUT2D eigenvalue weighted by Crippen LogP contribution is -1.90. The molecule has 72 valence electrons. The molecule has 0 radical (unpaired) electrons. The quantitative estimate of drug-likeness (QED) is 0.733. The number of Topliss-reactive ketones (excluding diaryl/α,β-unsaturated/α-hetero) is 1. The van der Waals surface area contributed by atoms with Gasteiger partial charge in [-0.05, 0) is 19.9 Å². The number of carbonyl (C=O) groups is 1. The van der Waals surface area contributed by atoms with Gasteiger partial charge in [-0.1, -0.05) is 11.6 Å². The highest BCUT2D eigenvalue weighted by molar-refractivity contribution is 6.36. The van der Waals surface area contributed by atoms with E-state index >= 15 is 0 Å². The van der Waals surface area contributed by atoms with E-state index in [4.69, 9.17) is 11.6 Å². The number of aromatic amines is 1. The molecule has 0 saturated heterocycles. The molecule has 0 aromatic carbocycles. The van der Waals surface area contributed by atoms with Crippen LogP contribution >= 0.6 is 11.6 Å². The van der Waals surface area contributed by atoms with E-state index in [1.165, 1.54) is 6.92 Å². The summed E-state index contributed by atoms with van der Waals surface area (Å²) in [5, 5.41) is 1.28. The fourth-order valence-corrected chi connectivity index (χ4v) is 1.83. The first-order valence-electron chi connectivity index (χ1n) is 4.25. The number of rotatable bonds is 1. The van der Waals surface area contributed by atoms with Crippen LogP contribution in [0.3, 0.4) is 0 Å². The summed E-state index contributed by atoms with van der Waals surface area (Å²) in [6.45, 7) is 3.37. The van der Waals surface area contributed by atoms with Crippen LogP contribution < -0.4 is 0 Å². The standard InChI is InChI=1S/C10H9ClN2O/c1-5-3-8(11)9-7(6(2)14)4-12-10(9)13-5/h3-4H,1-2H3,(H,12,13). The molecule has 2 rings (SSSR count). The van der Waals surface area contributed by atoms with Gasteiger partial charge in [0.1, 0.15) is 5.65 Å². The molecule has 0 saturated carbocycles. The van der Waals surface area contributed by atoms with Gasteiger partial charge in [0.2, 0.25) is 0 Å². The third kappa shape index (κ3) is 1.30. The number of fused-ring (bicyclic) bond motifs is 1. The molecule has 3 nitrogen and oxygen atoms in total. The number of nitrogens with zero attached hydrogens (tertiary/aromatic N) is 1. The fraction of sp³-hybridized carbons (Fsp3) is 0.200. The van der Waals surface area contributed by atoms with E-state index in [1.54, 1.807) is 12.3 Å². The first-order valence-corrected chi connectivity index (χ1v) is 4.62. The molecule has 1 N–H and O–H groups in total. The Morgan fingerprint density at radius 2 is 2.29 bits per heavy atom. The maximum absolute atomic E-state index is 11.3. The van der Waals surface area contributed by atoms with Crippen molar-refractivity contribution in [1.82, 2.24) is 9.97 Å². The van der Waals surface area contributed by atoms with Crippen LogP contribution in [0.1, 0.15) is 23.0 Å². The van der Waals surface area contributed by atoms with Gasteiger partial charge in [0.05, 0.1) is 5.02 Å². The molecule has 0 aliphatic heterocycles. The van der Waals surface area contributed by atoms with Crippen molar-refractivity contribution in [1.29, 1.82) is 0 Å². The lowest BCUT2D eigenvalue weighted by Gasteiger charge is -1.98. The zero-order valence-electron chi connectivity index (χ0n) is 7.89. The SMILES string of the molecule is CC(=O)c1c[nH]c2nc(C)cc(Cl)c12. The molecule has 0 fully saturated rings. The van der Waals surface area contributed by atoms with E-state index in [-0.39, 0.29) is 5.78 Å². The predicted octanol–water partition coefficient (Wildman–Crippen LogP) is 2.73. The van der Waals surface area contributed by atoms with Gasteiger partial charge in [0.15, 0.2) is 5.78 Å². The average molecular weight is 209 g/mol. The van der Waals surface area contributed by atoms with Crippen LogP contribution in [0.15, 0.2) is 12.3 Å². The fourth-order valence-electron chi connectivity index (χ4n) is 1.48. The highest BCUT2D eigenvalue weighted by Gasteiger charge is 2.12. The molecule has 0 bridgehead atoms. The highest BCUT2D eigenvalue weighted by Crippen LogP contribution is 2.26. The van der Waals surface area contributed by atoms with Crippen LogP contribution in [0.5, 0.6) is 0 Å². The van der Waals surface area contributed by atoms with E-state index in [1.807, 2.05) is 6.92 Å². The zero-order valence-corrected chi connectivity index (χ0v) is 8.64. The second-order valence-electron chi connectivity index (χ2n) is 3.23. The summed E-state index contributed by atoms with van der Waals surface area (Å²) in [4.78, 5) is 18.4. The van der Waals surface area contributed by atoms with Crippen LogP contribution in [0.4, 0.5) is 0 Å². The first-order chi connectivity index (χ1) is 6.59. The maximum Gasteiger partial charge on any atom is 0.162 e. The number of ketones is 1. The minimum atomic E-state index is -0.0104. The van der Waals surface area contributed by atoms with Crippen molar-refractivity contribution >= 4 is 28.4 Å². The summed E-state index contributed by atoms with van der Waals surface area (Å²) < 4.78 is 0. The topological polar surface area (TPSA) is 45.8 Å². The second-order valence-corrected chi connectivity index (χ2v) is 3.63. The summed E-state index contributed by atoms with van der Waals surface area (Å²) in [5.74, 6) is -0.0104. The van der Waals surface area contributed by atoms with Crippen LogP contribution in [-0.2, 0) is 0 Å². The summed E-state index contributed by atoms with van der Waals surface area (Å²) >= 11 is 6.04. The molecule has 0 aliphatic carbocycles. The lowest BCUT2D eigenvalue weighted by atomic mass is 10.1.